The molecule has 1 aromatic heterocycles. The minimum absolute atomic E-state index is 0.0261. The van der Waals surface area contributed by atoms with Crippen molar-refractivity contribution >= 4 is 34.7 Å². The summed E-state index contributed by atoms with van der Waals surface area (Å²) in [7, 11) is 0. The first-order chi connectivity index (χ1) is 7.29. The van der Waals surface area contributed by atoms with Gasteiger partial charge in [0.1, 0.15) is 5.51 Å². The Hall–Kier alpha value is -0.620. The highest BCUT2D eigenvalue weighted by Gasteiger charge is 2.06. The van der Waals surface area contributed by atoms with Gasteiger partial charge in [-0.15, -0.1) is 10.2 Å². The second kappa shape index (κ2) is 4.94. The van der Waals surface area contributed by atoms with Gasteiger partial charge in [0.05, 0.1) is 6.61 Å². The fraction of sp³-hybridized carbons (Fsp3) is 0.111. The van der Waals surface area contributed by atoms with Crippen LogP contribution in [0.5, 0.6) is 0 Å². The van der Waals surface area contributed by atoms with Crippen molar-refractivity contribution in [1.29, 1.82) is 0 Å². The van der Waals surface area contributed by atoms with Gasteiger partial charge in [-0.25, -0.2) is 0 Å². The second-order valence-electron chi connectivity index (χ2n) is 2.72. The predicted octanol–water partition coefficient (Wildman–Crippen LogP) is 2.84. The maximum Gasteiger partial charge on any atom is 0.178 e. The summed E-state index contributed by atoms with van der Waals surface area (Å²) < 4.78 is 0.854. The van der Waals surface area contributed by atoms with Crippen LogP contribution in [-0.2, 0) is 6.61 Å². The van der Waals surface area contributed by atoms with Gasteiger partial charge >= 0.3 is 0 Å². The first-order valence-corrected chi connectivity index (χ1v) is 6.20. The predicted molar refractivity (Wildman–Crippen MR) is 61.4 cm³/mol. The lowest BCUT2D eigenvalue weighted by Crippen LogP contribution is -1.87. The molecule has 0 unspecified atom stereocenters. The van der Waals surface area contributed by atoms with Gasteiger partial charge in [0.2, 0.25) is 0 Å². The number of halogens is 1. The van der Waals surface area contributed by atoms with E-state index in [0.717, 1.165) is 14.8 Å². The van der Waals surface area contributed by atoms with Crippen LogP contribution in [0.3, 0.4) is 0 Å². The minimum Gasteiger partial charge on any atom is -0.392 e. The van der Waals surface area contributed by atoms with Gasteiger partial charge in [-0.3, -0.25) is 0 Å². The van der Waals surface area contributed by atoms with Gasteiger partial charge < -0.3 is 5.11 Å². The summed E-state index contributed by atoms with van der Waals surface area (Å²) in [6, 6.07) is 5.43. The van der Waals surface area contributed by atoms with Crippen molar-refractivity contribution in [2.45, 2.75) is 15.8 Å². The van der Waals surface area contributed by atoms with Gasteiger partial charge in [0.15, 0.2) is 4.34 Å². The molecule has 0 aliphatic heterocycles. The number of aromatic nitrogens is 2. The number of hydrogen-bond acceptors (Lipinski definition) is 5. The van der Waals surface area contributed by atoms with Crippen molar-refractivity contribution in [2.24, 2.45) is 0 Å². The summed E-state index contributed by atoms with van der Waals surface area (Å²) in [5.74, 6) is 0. The number of nitrogens with zero attached hydrogens (tertiary/aromatic N) is 2. The third-order valence-corrected chi connectivity index (χ3v) is 3.86. The van der Waals surface area contributed by atoms with E-state index in [0.29, 0.717) is 5.02 Å². The van der Waals surface area contributed by atoms with Crippen molar-refractivity contribution in [1.82, 2.24) is 10.2 Å². The molecule has 2 rings (SSSR count). The van der Waals surface area contributed by atoms with E-state index in [1.54, 1.807) is 17.6 Å². The highest BCUT2D eigenvalue weighted by atomic mass is 35.5. The normalized spacial score (nSPS) is 10.5. The van der Waals surface area contributed by atoms with Crippen LogP contribution in [0.15, 0.2) is 32.9 Å². The Kier molecular flexibility index (Phi) is 3.58. The minimum atomic E-state index is -0.0261. The molecular weight excluding hydrogens is 252 g/mol. The van der Waals surface area contributed by atoms with Gasteiger partial charge in [-0.05, 0) is 23.8 Å². The van der Waals surface area contributed by atoms with Crippen LogP contribution in [-0.4, -0.2) is 15.3 Å². The van der Waals surface area contributed by atoms with E-state index in [4.69, 9.17) is 16.7 Å². The molecule has 0 fully saturated rings. The van der Waals surface area contributed by atoms with E-state index in [-0.39, 0.29) is 6.61 Å². The molecule has 0 saturated carbocycles. The van der Waals surface area contributed by atoms with Gasteiger partial charge in [0.25, 0.3) is 0 Å². The van der Waals surface area contributed by atoms with E-state index < -0.39 is 0 Å². The molecule has 2 aromatic rings. The topological polar surface area (TPSA) is 46.0 Å². The van der Waals surface area contributed by atoms with Crippen LogP contribution in [0.4, 0.5) is 0 Å². The maximum atomic E-state index is 9.17. The summed E-state index contributed by atoms with van der Waals surface area (Å²) in [4.78, 5) is 0.957. The van der Waals surface area contributed by atoms with Crippen molar-refractivity contribution in [3.8, 4) is 0 Å². The highest BCUT2D eigenvalue weighted by Crippen LogP contribution is 2.32. The molecule has 0 aliphatic rings. The maximum absolute atomic E-state index is 9.17. The van der Waals surface area contributed by atoms with E-state index in [9.17, 15) is 0 Å². The molecule has 0 atom stereocenters. The Morgan fingerprint density at radius 1 is 1.47 bits per heavy atom. The average Bonchev–Trinajstić information content (AvgIpc) is 2.73. The lowest BCUT2D eigenvalue weighted by Gasteiger charge is -2.04. The third kappa shape index (κ3) is 2.69. The lowest BCUT2D eigenvalue weighted by molar-refractivity contribution is 0.279. The Morgan fingerprint density at radius 2 is 2.33 bits per heavy atom. The zero-order valence-corrected chi connectivity index (χ0v) is 9.94. The largest absolute Gasteiger partial charge is 0.392 e. The number of benzene rings is 1. The van der Waals surface area contributed by atoms with E-state index in [1.165, 1.54) is 23.1 Å². The van der Waals surface area contributed by atoms with Crippen LogP contribution in [0.2, 0.25) is 5.02 Å². The first kappa shape index (κ1) is 10.9. The Bertz CT molecular complexity index is 447. The molecule has 0 saturated heterocycles. The summed E-state index contributed by atoms with van der Waals surface area (Å²) in [5, 5.41) is 17.5. The lowest BCUT2D eigenvalue weighted by atomic mass is 10.2. The number of aliphatic hydroxyl groups excluding tert-OH is 1. The van der Waals surface area contributed by atoms with E-state index in [1.807, 2.05) is 6.07 Å². The molecule has 1 aromatic carbocycles. The van der Waals surface area contributed by atoms with Crippen molar-refractivity contribution < 1.29 is 5.11 Å². The summed E-state index contributed by atoms with van der Waals surface area (Å²) >= 11 is 8.78. The summed E-state index contributed by atoms with van der Waals surface area (Å²) in [6.07, 6.45) is 0. The standard InChI is InChI=1S/C9H7ClN2OS2/c10-7-1-2-8(6(3-7)4-13)15-9-12-11-5-14-9/h1-3,5,13H,4H2. The van der Waals surface area contributed by atoms with Gasteiger partial charge in [0, 0.05) is 9.92 Å². The molecule has 0 aliphatic carbocycles. The highest BCUT2D eigenvalue weighted by molar-refractivity contribution is 8.01. The monoisotopic (exact) mass is 258 g/mol. The fourth-order valence-corrected chi connectivity index (χ4v) is 2.80. The molecule has 0 bridgehead atoms. The van der Waals surface area contributed by atoms with Crippen LogP contribution < -0.4 is 0 Å². The van der Waals surface area contributed by atoms with Gasteiger partial charge in [-0.2, -0.15) is 0 Å². The zero-order valence-electron chi connectivity index (χ0n) is 7.55. The fourth-order valence-electron chi connectivity index (χ4n) is 1.07. The molecule has 15 heavy (non-hydrogen) atoms. The average molecular weight is 259 g/mol. The van der Waals surface area contributed by atoms with Crippen LogP contribution >= 0.6 is 34.7 Å². The summed E-state index contributed by atoms with van der Waals surface area (Å²) in [5.41, 5.74) is 2.49. The molecule has 0 spiro atoms. The Labute approximate surface area is 100 Å². The van der Waals surface area contributed by atoms with Crippen molar-refractivity contribution in [3.63, 3.8) is 0 Å². The molecule has 0 amide bonds. The van der Waals surface area contributed by atoms with Crippen molar-refractivity contribution in [2.75, 3.05) is 0 Å². The molecule has 1 heterocycles. The molecular formula is C9H7ClN2OS2. The van der Waals surface area contributed by atoms with E-state index >= 15 is 0 Å². The SMILES string of the molecule is OCc1cc(Cl)ccc1Sc1nncs1. The van der Waals surface area contributed by atoms with Crippen LogP contribution in [0.1, 0.15) is 5.56 Å². The number of rotatable bonds is 3. The van der Waals surface area contributed by atoms with Crippen molar-refractivity contribution in [3.05, 3.63) is 34.3 Å². The second-order valence-corrected chi connectivity index (χ2v) is 5.28. The molecule has 3 nitrogen and oxygen atoms in total. The first-order valence-electron chi connectivity index (χ1n) is 4.13. The van der Waals surface area contributed by atoms with Gasteiger partial charge in [-0.1, -0.05) is 34.7 Å². The molecule has 0 radical (unpaired) electrons. The smallest absolute Gasteiger partial charge is 0.178 e. The van der Waals surface area contributed by atoms with Crippen LogP contribution in [0, 0.1) is 0 Å². The third-order valence-electron chi connectivity index (χ3n) is 1.73. The number of hydrogen-bond donors (Lipinski definition) is 1. The quantitative estimate of drug-likeness (QED) is 0.920. The Balaban J connectivity index is 2.28. The van der Waals surface area contributed by atoms with Crippen LogP contribution in [0.25, 0.3) is 0 Å². The molecule has 78 valence electrons. The molecule has 1 N–H and O–H groups in total. The summed E-state index contributed by atoms with van der Waals surface area (Å²) in [6.45, 7) is -0.0261. The zero-order chi connectivity index (χ0) is 10.7. The van der Waals surface area contributed by atoms with E-state index in [2.05, 4.69) is 10.2 Å². The molecule has 6 heteroatoms. The Morgan fingerprint density at radius 3 is 3.00 bits per heavy atom. The number of aliphatic hydroxyl groups is 1.